The average Bonchev–Trinajstić information content (AvgIpc) is 2.09. The number of hydrogen-bond acceptors (Lipinski definition) is 1. The summed E-state index contributed by atoms with van der Waals surface area (Å²) in [5.74, 6) is 4.75. The lowest BCUT2D eigenvalue weighted by molar-refractivity contribution is -0.103. The molecule has 1 aromatic rings. The van der Waals surface area contributed by atoms with E-state index >= 15 is 0 Å². The third-order valence-corrected chi connectivity index (χ3v) is 2.28. The number of carbonyl (C=O) groups is 1. The van der Waals surface area contributed by atoms with Gasteiger partial charge in [0.25, 0.3) is 0 Å². The average molecular weight is 233 g/mol. The second-order valence-electron chi connectivity index (χ2n) is 2.14. The van der Waals surface area contributed by atoms with Crippen molar-refractivity contribution in [3.05, 3.63) is 32.8 Å². The molecule has 66 valence electrons. The molecule has 0 saturated heterocycles. The Kier molecular flexibility index (Phi) is 3.62. The SMILES string of the molecule is O=CC#Cc1cc(Cl)cc(Cl)c1Cl. The van der Waals surface area contributed by atoms with Gasteiger partial charge in [0.1, 0.15) is 0 Å². The second-order valence-corrected chi connectivity index (χ2v) is 3.36. The van der Waals surface area contributed by atoms with Crippen LogP contribution >= 0.6 is 34.8 Å². The van der Waals surface area contributed by atoms with E-state index in [2.05, 4.69) is 11.8 Å². The quantitative estimate of drug-likeness (QED) is 0.382. The van der Waals surface area contributed by atoms with Crippen molar-refractivity contribution in [1.29, 1.82) is 0 Å². The number of carbonyl (C=O) groups excluding carboxylic acids is 1. The van der Waals surface area contributed by atoms with Gasteiger partial charge < -0.3 is 0 Å². The molecule has 0 aliphatic carbocycles. The van der Waals surface area contributed by atoms with Gasteiger partial charge in [-0.2, -0.15) is 0 Å². The zero-order valence-corrected chi connectivity index (χ0v) is 8.54. The Morgan fingerprint density at radius 2 is 1.92 bits per heavy atom. The summed E-state index contributed by atoms with van der Waals surface area (Å²) in [5, 5.41) is 1.06. The van der Waals surface area contributed by atoms with Crippen LogP contribution in [0.5, 0.6) is 0 Å². The monoisotopic (exact) mass is 232 g/mol. The molecule has 13 heavy (non-hydrogen) atoms. The molecule has 0 radical (unpaired) electrons. The van der Waals surface area contributed by atoms with Crippen molar-refractivity contribution in [2.24, 2.45) is 0 Å². The van der Waals surface area contributed by atoms with Crippen molar-refractivity contribution in [2.45, 2.75) is 0 Å². The minimum Gasteiger partial charge on any atom is -0.289 e. The first kappa shape index (κ1) is 10.4. The van der Waals surface area contributed by atoms with Crippen LogP contribution in [0.15, 0.2) is 12.1 Å². The van der Waals surface area contributed by atoms with Crippen LogP contribution in [0, 0.1) is 11.8 Å². The van der Waals surface area contributed by atoms with Gasteiger partial charge in [0.05, 0.1) is 10.0 Å². The van der Waals surface area contributed by atoms with Crippen LogP contribution < -0.4 is 0 Å². The summed E-state index contributed by atoms with van der Waals surface area (Å²) in [6, 6.07) is 3.06. The van der Waals surface area contributed by atoms with Crippen LogP contribution in [0.25, 0.3) is 0 Å². The smallest absolute Gasteiger partial charge is 0.193 e. The van der Waals surface area contributed by atoms with Gasteiger partial charge in [-0.05, 0) is 18.1 Å². The maximum Gasteiger partial charge on any atom is 0.193 e. The van der Waals surface area contributed by atoms with Gasteiger partial charge >= 0.3 is 0 Å². The Morgan fingerprint density at radius 3 is 2.54 bits per heavy atom. The lowest BCUT2D eigenvalue weighted by Crippen LogP contribution is -1.79. The van der Waals surface area contributed by atoms with Crippen molar-refractivity contribution < 1.29 is 4.79 Å². The molecule has 0 aliphatic heterocycles. The molecule has 0 saturated carbocycles. The Bertz CT molecular complexity index is 401. The lowest BCUT2D eigenvalue weighted by atomic mass is 10.2. The van der Waals surface area contributed by atoms with Crippen molar-refractivity contribution in [3.8, 4) is 11.8 Å². The highest BCUT2D eigenvalue weighted by Crippen LogP contribution is 2.28. The molecule has 0 bridgehead atoms. The van der Waals surface area contributed by atoms with Gasteiger partial charge in [0.15, 0.2) is 6.29 Å². The first-order valence-electron chi connectivity index (χ1n) is 3.25. The molecule has 0 atom stereocenters. The minimum absolute atomic E-state index is 0.306. The van der Waals surface area contributed by atoms with Crippen molar-refractivity contribution in [2.75, 3.05) is 0 Å². The molecule has 0 heterocycles. The lowest BCUT2D eigenvalue weighted by Gasteiger charge is -1.99. The second kappa shape index (κ2) is 4.53. The van der Waals surface area contributed by atoms with Crippen molar-refractivity contribution in [3.63, 3.8) is 0 Å². The fourth-order valence-corrected chi connectivity index (χ4v) is 1.40. The summed E-state index contributed by atoms with van der Waals surface area (Å²) in [6.07, 6.45) is 0.477. The zero-order chi connectivity index (χ0) is 9.84. The van der Waals surface area contributed by atoms with Gasteiger partial charge in [0.2, 0.25) is 0 Å². The largest absolute Gasteiger partial charge is 0.289 e. The molecule has 1 rings (SSSR count). The predicted octanol–water partition coefficient (Wildman–Crippen LogP) is 3.20. The summed E-state index contributed by atoms with van der Waals surface area (Å²) in [6.45, 7) is 0. The molecule has 0 aliphatic rings. The van der Waals surface area contributed by atoms with Gasteiger partial charge in [-0.25, -0.2) is 0 Å². The Labute approximate surface area is 90.6 Å². The molecule has 0 fully saturated rings. The number of rotatable bonds is 0. The van der Waals surface area contributed by atoms with Crippen LogP contribution in [-0.2, 0) is 4.79 Å². The van der Waals surface area contributed by atoms with Crippen LogP contribution in [0.4, 0.5) is 0 Å². The molecule has 0 spiro atoms. The first-order chi connectivity index (χ1) is 6.15. The van der Waals surface area contributed by atoms with Gasteiger partial charge in [-0.3, -0.25) is 4.79 Å². The fourth-order valence-electron chi connectivity index (χ4n) is 0.754. The van der Waals surface area contributed by atoms with Gasteiger partial charge in [0, 0.05) is 10.6 Å². The van der Waals surface area contributed by atoms with E-state index in [9.17, 15) is 4.79 Å². The third kappa shape index (κ3) is 2.63. The van der Waals surface area contributed by atoms with Crippen LogP contribution in [0.1, 0.15) is 5.56 Å². The van der Waals surface area contributed by atoms with Gasteiger partial charge in [-0.15, -0.1) is 0 Å². The first-order valence-corrected chi connectivity index (χ1v) is 4.38. The van der Waals surface area contributed by atoms with E-state index < -0.39 is 0 Å². The number of hydrogen-bond donors (Lipinski definition) is 0. The van der Waals surface area contributed by atoms with Crippen molar-refractivity contribution in [1.82, 2.24) is 0 Å². The van der Waals surface area contributed by atoms with Crippen LogP contribution in [0.2, 0.25) is 15.1 Å². The molecule has 4 heteroatoms. The molecular weight excluding hydrogens is 230 g/mol. The van der Waals surface area contributed by atoms with Gasteiger partial charge in [-0.1, -0.05) is 40.7 Å². The summed E-state index contributed by atoms with van der Waals surface area (Å²) in [5.41, 5.74) is 0.450. The number of aldehydes is 1. The van der Waals surface area contributed by atoms with E-state index in [-0.39, 0.29) is 0 Å². The molecular formula is C9H3Cl3O. The normalized spacial score (nSPS) is 8.85. The molecule has 0 N–H and O–H groups in total. The number of halogens is 3. The van der Waals surface area contributed by atoms with Crippen LogP contribution in [-0.4, -0.2) is 6.29 Å². The summed E-state index contributed by atoms with van der Waals surface area (Å²) in [4.78, 5) is 9.98. The Hall–Kier alpha value is -0.680. The highest BCUT2D eigenvalue weighted by atomic mass is 35.5. The van der Waals surface area contributed by atoms with E-state index in [1.165, 1.54) is 6.07 Å². The van der Waals surface area contributed by atoms with Crippen LogP contribution in [0.3, 0.4) is 0 Å². The topological polar surface area (TPSA) is 17.1 Å². The molecule has 0 unspecified atom stereocenters. The van der Waals surface area contributed by atoms with E-state index in [0.717, 1.165) is 0 Å². The highest BCUT2D eigenvalue weighted by Gasteiger charge is 2.04. The molecule has 1 nitrogen and oxygen atoms in total. The van der Waals surface area contributed by atoms with E-state index in [0.29, 0.717) is 26.9 Å². The van der Waals surface area contributed by atoms with Crippen molar-refractivity contribution >= 4 is 41.1 Å². The molecule has 0 amide bonds. The predicted molar refractivity (Wildman–Crippen MR) is 54.4 cm³/mol. The van der Waals surface area contributed by atoms with E-state index in [1.54, 1.807) is 6.07 Å². The maximum absolute atomic E-state index is 9.98. The molecule has 1 aromatic carbocycles. The maximum atomic E-state index is 9.98. The standard InChI is InChI=1S/C9H3Cl3O/c10-7-4-6(2-1-3-13)9(12)8(11)5-7/h3-5H. The summed E-state index contributed by atoms with van der Waals surface area (Å²) < 4.78 is 0. The highest BCUT2D eigenvalue weighted by molar-refractivity contribution is 6.43. The van der Waals surface area contributed by atoms with E-state index in [4.69, 9.17) is 34.8 Å². The third-order valence-electron chi connectivity index (χ3n) is 1.26. The molecule has 0 aromatic heterocycles. The fraction of sp³-hybridized carbons (Fsp3) is 0. The number of benzene rings is 1. The Morgan fingerprint density at radius 1 is 1.23 bits per heavy atom. The van der Waals surface area contributed by atoms with E-state index in [1.807, 2.05) is 0 Å². The summed E-state index contributed by atoms with van der Waals surface area (Å²) in [7, 11) is 0. The summed E-state index contributed by atoms with van der Waals surface area (Å²) >= 11 is 17.2. The minimum atomic E-state index is 0.306. The Balaban J connectivity index is 3.28. The zero-order valence-electron chi connectivity index (χ0n) is 6.27.